The van der Waals surface area contributed by atoms with Crippen LogP contribution in [0.15, 0.2) is 0 Å². The molecule has 3 aliphatic rings. The first-order valence-electron chi connectivity index (χ1n) is 6.84. The Balaban J connectivity index is 1.77. The molecule has 0 aromatic carbocycles. The van der Waals surface area contributed by atoms with Crippen LogP contribution in [0, 0.1) is 0 Å². The van der Waals surface area contributed by atoms with Crippen molar-refractivity contribution in [2.24, 2.45) is 0 Å². The van der Waals surface area contributed by atoms with E-state index in [9.17, 15) is 0 Å². The molecule has 0 aromatic heterocycles. The topological polar surface area (TPSA) is 23.3 Å². The lowest BCUT2D eigenvalue weighted by atomic mass is 9.83. The number of ether oxygens (including phenoxy) is 1. The summed E-state index contributed by atoms with van der Waals surface area (Å²) in [7, 11) is 0. The van der Waals surface area contributed by atoms with Gasteiger partial charge in [-0.2, -0.15) is 11.8 Å². The minimum atomic E-state index is 0.210. The summed E-state index contributed by atoms with van der Waals surface area (Å²) >= 11 is 2.17. The zero-order valence-electron chi connectivity index (χ0n) is 9.99. The molecule has 0 bridgehead atoms. The zero-order valence-corrected chi connectivity index (χ0v) is 10.8. The van der Waals surface area contributed by atoms with Crippen molar-refractivity contribution in [1.29, 1.82) is 0 Å². The molecular weight excluding hydrogens is 218 g/mol. The molecule has 2 nitrogen and oxygen atoms in total. The fourth-order valence-corrected chi connectivity index (χ4v) is 5.19. The number of nitrogens with zero attached hydrogens (tertiary/aromatic N) is 1. The molecule has 0 amide bonds. The van der Waals surface area contributed by atoms with Crippen molar-refractivity contribution in [3.05, 3.63) is 0 Å². The van der Waals surface area contributed by atoms with Crippen LogP contribution >= 0.6 is 11.8 Å². The van der Waals surface area contributed by atoms with Crippen molar-refractivity contribution in [2.45, 2.75) is 61.8 Å². The molecule has 3 atom stereocenters. The number of hydrogen-bond donors (Lipinski definition) is 0. The third-order valence-electron chi connectivity index (χ3n) is 4.37. The maximum atomic E-state index is 5.99. The highest BCUT2D eigenvalue weighted by Gasteiger charge is 2.50. The van der Waals surface area contributed by atoms with Gasteiger partial charge in [-0.25, -0.2) is 5.32 Å². The summed E-state index contributed by atoms with van der Waals surface area (Å²) in [5.41, 5.74) is 0.210. The Morgan fingerprint density at radius 1 is 1.12 bits per heavy atom. The van der Waals surface area contributed by atoms with E-state index in [1.807, 2.05) is 0 Å². The second-order valence-corrected chi connectivity index (χ2v) is 6.64. The summed E-state index contributed by atoms with van der Waals surface area (Å²) in [5, 5.41) is 5.78. The van der Waals surface area contributed by atoms with E-state index in [1.165, 1.54) is 50.7 Å². The van der Waals surface area contributed by atoms with Gasteiger partial charge >= 0.3 is 0 Å². The highest BCUT2D eigenvalue weighted by atomic mass is 32.2. The lowest BCUT2D eigenvalue weighted by molar-refractivity contribution is 0.0317. The van der Waals surface area contributed by atoms with E-state index in [2.05, 4.69) is 11.8 Å². The van der Waals surface area contributed by atoms with Crippen LogP contribution in [0.4, 0.5) is 0 Å². The first-order valence-corrected chi connectivity index (χ1v) is 7.88. The van der Waals surface area contributed by atoms with Gasteiger partial charge in [-0.3, -0.25) is 0 Å². The van der Waals surface area contributed by atoms with Crippen LogP contribution in [0.5, 0.6) is 0 Å². The molecule has 0 N–H and O–H groups in total. The van der Waals surface area contributed by atoms with Gasteiger partial charge in [-0.1, -0.05) is 6.42 Å². The first-order chi connectivity index (χ1) is 7.92. The predicted molar refractivity (Wildman–Crippen MR) is 68.0 cm³/mol. The van der Waals surface area contributed by atoms with E-state index < -0.39 is 0 Å². The monoisotopic (exact) mass is 240 g/mol. The molecule has 3 fully saturated rings. The van der Waals surface area contributed by atoms with Gasteiger partial charge in [-0.15, -0.1) is 0 Å². The van der Waals surface area contributed by atoms with Crippen LogP contribution in [0.1, 0.15) is 44.9 Å². The normalized spacial score (nSPS) is 45.0. The third kappa shape index (κ3) is 1.91. The highest BCUT2D eigenvalue weighted by molar-refractivity contribution is 8.00. The fraction of sp³-hybridized carbons (Fsp3) is 1.00. The van der Waals surface area contributed by atoms with Crippen LogP contribution in [-0.2, 0) is 4.74 Å². The summed E-state index contributed by atoms with van der Waals surface area (Å²) < 4.78 is 5.99. The summed E-state index contributed by atoms with van der Waals surface area (Å²) in [4.78, 5) is 0. The number of rotatable bonds is 2. The lowest BCUT2D eigenvalue weighted by Gasteiger charge is -2.42. The largest absolute Gasteiger partial charge is 0.376 e. The van der Waals surface area contributed by atoms with E-state index >= 15 is 0 Å². The van der Waals surface area contributed by atoms with Gasteiger partial charge in [-0.05, 0) is 44.3 Å². The molecular formula is C13H22NOS. The Labute approximate surface area is 103 Å². The second-order valence-electron chi connectivity index (χ2n) is 5.33. The van der Waals surface area contributed by atoms with Gasteiger partial charge in [0.25, 0.3) is 0 Å². The quantitative estimate of drug-likeness (QED) is 0.740. The van der Waals surface area contributed by atoms with Gasteiger partial charge < -0.3 is 4.74 Å². The van der Waals surface area contributed by atoms with E-state index in [4.69, 9.17) is 10.1 Å². The van der Waals surface area contributed by atoms with Crippen molar-refractivity contribution >= 4 is 11.8 Å². The average molecular weight is 240 g/mol. The van der Waals surface area contributed by atoms with Crippen molar-refractivity contribution < 1.29 is 4.74 Å². The molecule has 3 saturated heterocycles. The molecule has 3 aliphatic heterocycles. The number of hydrogen-bond acceptors (Lipinski definition) is 2. The summed E-state index contributed by atoms with van der Waals surface area (Å²) in [6, 6.07) is 0. The van der Waals surface area contributed by atoms with Gasteiger partial charge in [0.05, 0.1) is 11.6 Å². The molecule has 3 unspecified atom stereocenters. The molecule has 3 rings (SSSR count). The first kappa shape index (κ1) is 11.4. The maximum absolute atomic E-state index is 5.99. The molecule has 91 valence electrons. The molecule has 16 heavy (non-hydrogen) atoms. The SMILES string of the molecule is C1CCC(C2(C3CCCO3)CCC[N]2)SC1. The Morgan fingerprint density at radius 2 is 2.12 bits per heavy atom. The Bertz CT molecular complexity index is 228. The van der Waals surface area contributed by atoms with E-state index in [-0.39, 0.29) is 5.54 Å². The van der Waals surface area contributed by atoms with E-state index in [1.54, 1.807) is 0 Å². The van der Waals surface area contributed by atoms with Crippen LogP contribution in [0.2, 0.25) is 0 Å². The smallest absolute Gasteiger partial charge is 0.0784 e. The molecule has 0 aliphatic carbocycles. The maximum Gasteiger partial charge on any atom is 0.0784 e. The molecule has 0 spiro atoms. The summed E-state index contributed by atoms with van der Waals surface area (Å²) in [6.07, 6.45) is 9.70. The van der Waals surface area contributed by atoms with Crippen LogP contribution in [0.3, 0.4) is 0 Å². The van der Waals surface area contributed by atoms with Crippen molar-refractivity contribution in [2.75, 3.05) is 18.9 Å². The van der Waals surface area contributed by atoms with Gasteiger partial charge in [0.1, 0.15) is 0 Å². The third-order valence-corrected chi connectivity index (χ3v) is 5.94. The number of thioether (sulfide) groups is 1. The van der Waals surface area contributed by atoms with Crippen LogP contribution in [-0.4, -0.2) is 35.8 Å². The Kier molecular flexibility index (Phi) is 3.46. The van der Waals surface area contributed by atoms with Gasteiger partial charge in [0.2, 0.25) is 0 Å². The molecule has 3 heterocycles. The van der Waals surface area contributed by atoms with Crippen LogP contribution in [0.25, 0.3) is 0 Å². The van der Waals surface area contributed by atoms with Crippen LogP contribution < -0.4 is 5.32 Å². The van der Waals surface area contributed by atoms with Gasteiger partial charge in [0, 0.05) is 18.4 Å². The zero-order chi connectivity index (χ0) is 10.8. The molecule has 0 aromatic rings. The minimum absolute atomic E-state index is 0.210. The highest BCUT2D eigenvalue weighted by Crippen LogP contribution is 2.44. The Morgan fingerprint density at radius 3 is 2.75 bits per heavy atom. The standard InChI is InChI=1S/C13H22NOS/c1-2-10-16-12(6-1)13(7-4-8-14-13)11-5-3-9-15-11/h11-12H,1-10H2. The Hall–Kier alpha value is 0.270. The van der Waals surface area contributed by atoms with Crippen molar-refractivity contribution in [3.63, 3.8) is 0 Å². The fourth-order valence-electron chi connectivity index (χ4n) is 3.57. The van der Waals surface area contributed by atoms with E-state index in [0.717, 1.165) is 18.4 Å². The van der Waals surface area contributed by atoms with Gasteiger partial charge in [0.15, 0.2) is 0 Å². The minimum Gasteiger partial charge on any atom is -0.376 e. The van der Waals surface area contributed by atoms with Crippen molar-refractivity contribution in [1.82, 2.24) is 5.32 Å². The summed E-state index contributed by atoms with van der Waals surface area (Å²) in [6.45, 7) is 2.05. The predicted octanol–water partition coefficient (Wildman–Crippen LogP) is 2.59. The average Bonchev–Trinajstić information content (AvgIpc) is 3.02. The molecule has 1 radical (unpaired) electrons. The summed E-state index contributed by atoms with van der Waals surface area (Å²) in [5.74, 6) is 1.34. The lowest BCUT2D eigenvalue weighted by Crippen LogP contribution is -2.54. The molecule has 0 saturated carbocycles. The van der Waals surface area contributed by atoms with Crippen molar-refractivity contribution in [3.8, 4) is 0 Å². The second kappa shape index (κ2) is 4.87. The van der Waals surface area contributed by atoms with E-state index in [0.29, 0.717) is 6.10 Å². The molecule has 3 heteroatoms.